The van der Waals surface area contributed by atoms with Gasteiger partial charge in [0, 0.05) is 12.6 Å². The molecule has 2 atom stereocenters. The van der Waals surface area contributed by atoms with Gasteiger partial charge in [0.15, 0.2) is 0 Å². The van der Waals surface area contributed by atoms with E-state index in [2.05, 4.69) is 42.2 Å². The smallest absolute Gasteiger partial charge is 0.242 e. The van der Waals surface area contributed by atoms with Gasteiger partial charge in [0.1, 0.15) is 0 Å². The zero-order chi connectivity index (χ0) is 15.6. The number of carbonyl (C=O) groups excluding carboxylic acids is 1. The summed E-state index contributed by atoms with van der Waals surface area (Å²) in [5.74, 6) is 0.758. The number of rotatable bonds is 3. The van der Waals surface area contributed by atoms with Crippen molar-refractivity contribution in [1.29, 1.82) is 0 Å². The Kier molecular flexibility index (Phi) is 6.10. The number of nitrogens with zero attached hydrogens (tertiary/aromatic N) is 1. The van der Waals surface area contributed by atoms with Crippen LogP contribution in [0.5, 0.6) is 0 Å². The highest BCUT2D eigenvalue weighted by molar-refractivity contribution is 5.86. The van der Waals surface area contributed by atoms with Crippen molar-refractivity contribution in [1.82, 2.24) is 4.90 Å². The first-order valence-corrected chi connectivity index (χ1v) is 8.74. The quantitative estimate of drug-likeness (QED) is 0.917. The van der Waals surface area contributed by atoms with E-state index < -0.39 is 5.54 Å². The SMILES string of the molecule is CC1C(Cc2ccccc2)CCN1C(=O)C1(N)CCCCC1.Cl. The topological polar surface area (TPSA) is 46.3 Å². The van der Waals surface area contributed by atoms with Gasteiger partial charge in [0.25, 0.3) is 0 Å². The molecule has 0 radical (unpaired) electrons. The van der Waals surface area contributed by atoms with E-state index >= 15 is 0 Å². The standard InChI is InChI=1S/C19H28N2O.ClH/c1-15-17(14-16-8-4-2-5-9-16)10-13-21(15)18(22)19(20)11-6-3-7-12-19;/h2,4-5,8-9,15,17H,3,6-7,10-14,20H2,1H3;1H. The van der Waals surface area contributed by atoms with E-state index in [1.165, 1.54) is 12.0 Å². The van der Waals surface area contributed by atoms with Crippen molar-refractivity contribution in [3.05, 3.63) is 35.9 Å². The third kappa shape index (κ3) is 3.89. The first-order chi connectivity index (χ1) is 10.6. The molecule has 128 valence electrons. The average Bonchev–Trinajstić information content (AvgIpc) is 2.89. The second-order valence-corrected chi connectivity index (χ2v) is 7.19. The zero-order valence-electron chi connectivity index (χ0n) is 14.0. The Bertz CT molecular complexity index is 513. The largest absolute Gasteiger partial charge is 0.338 e. The minimum absolute atomic E-state index is 0. The lowest BCUT2D eigenvalue weighted by molar-refractivity contribution is -0.139. The van der Waals surface area contributed by atoms with E-state index in [0.29, 0.717) is 12.0 Å². The van der Waals surface area contributed by atoms with E-state index in [-0.39, 0.29) is 18.3 Å². The molecule has 1 aliphatic heterocycles. The number of hydrogen-bond donors (Lipinski definition) is 1. The van der Waals surface area contributed by atoms with Crippen LogP contribution in [0.25, 0.3) is 0 Å². The van der Waals surface area contributed by atoms with Crippen LogP contribution < -0.4 is 5.73 Å². The van der Waals surface area contributed by atoms with Crippen molar-refractivity contribution in [3.8, 4) is 0 Å². The molecule has 0 aromatic heterocycles. The molecule has 2 N–H and O–H groups in total. The molecule has 2 unspecified atom stereocenters. The monoisotopic (exact) mass is 336 g/mol. The van der Waals surface area contributed by atoms with Crippen LogP contribution in [-0.4, -0.2) is 28.9 Å². The lowest BCUT2D eigenvalue weighted by Gasteiger charge is -2.37. The predicted octanol–water partition coefficient (Wildman–Crippen LogP) is 3.55. The van der Waals surface area contributed by atoms with E-state index in [1.807, 2.05) is 0 Å². The Labute approximate surface area is 146 Å². The second kappa shape index (κ2) is 7.67. The Morgan fingerprint density at radius 2 is 1.87 bits per heavy atom. The predicted molar refractivity (Wildman–Crippen MR) is 96.7 cm³/mol. The Morgan fingerprint density at radius 3 is 2.52 bits per heavy atom. The minimum atomic E-state index is -0.589. The molecule has 3 rings (SSSR count). The minimum Gasteiger partial charge on any atom is -0.338 e. The Hall–Kier alpha value is -1.06. The molecule has 1 aromatic carbocycles. The van der Waals surface area contributed by atoms with Crippen LogP contribution >= 0.6 is 12.4 Å². The summed E-state index contributed by atoms with van der Waals surface area (Å²) in [6.07, 6.45) is 7.28. The highest BCUT2D eigenvalue weighted by atomic mass is 35.5. The van der Waals surface area contributed by atoms with Crippen molar-refractivity contribution < 1.29 is 4.79 Å². The van der Waals surface area contributed by atoms with Gasteiger partial charge in [0.05, 0.1) is 5.54 Å². The number of carbonyl (C=O) groups is 1. The summed E-state index contributed by atoms with van der Waals surface area (Å²) in [5, 5.41) is 0. The molecule has 2 fully saturated rings. The fraction of sp³-hybridized carbons (Fsp3) is 0.632. The summed E-state index contributed by atoms with van der Waals surface area (Å²) in [6, 6.07) is 10.9. The second-order valence-electron chi connectivity index (χ2n) is 7.19. The van der Waals surface area contributed by atoms with Crippen LogP contribution in [-0.2, 0) is 11.2 Å². The molecule has 1 heterocycles. The molecule has 4 heteroatoms. The van der Waals surface area contributed by atoms with Gasteiger partial charge in [0.2, 0.25) is 5.91 Å². The molecular formula is C19H29ClN2O. The molecule has 1 aromatic rings. The molecular weight excluding hydrogens is 308 g/mol. The number of benzene rings is 1. The number of amides is 1. The normalized spacial score (nSPS) is 26.6. The Balaban J connectivity index is 0.00000192. The Morgan fingerprint density at radius 1 is 1.22 bits per heavy atom. The van der Waals surface area contributed by atoms with Gasteiger partial charge < -0.3 is 10.6 Å². The number of halogens is 1. The van der Waals surface area contributed by atoms with E-state index in [4.69, 9.17) is 5.73 Å². The van der Waals surface area contributed by atoms with Crippen molar-refractivity contribution in [2.24, 2.45) is 11.7 Å². The van der Waals surface area contributed by atoms with Crippen LogP contribution in [0.1, 0.15) is 51.0 Å². The maximum atomic E-state index is 12.9. The molecule has 23 heavy (non-hydrogen) atoms. The first kappa shape index (κ1) is 18.3. The van der Waals surface area contributed by atoms with Crippen molar-refractivity contribution in [2.45, 2.75) is 63.5 Å². The van der Waals surface area contributed by atoms with Gasteiger partial charge in [-0.3, -0.25) is 4.79 Å². The molecule has 0 spiro atoms. The average molecular weight is 337 g/mol. The number of hydrogen-bond acceptors (Lipinski definition) is 2. The highest BCUT2D eigenvalue weighted by Gasteiger charge is 2.43. The maximum absolute atomic E-state index is 12.9. The van der Waals surface area contributed by atoms with Gasteiger partial charge in [-0.15, -0.1) is 12.4 Å². The van der Waals surface area contributed by atoms with E-state index in [1.54, 1.807) is 0 Å². The summed E-state index contributed by atoms with van der Waals surface area (Å²) < 4.78 is 0. The third-order valence-corrected chi connectivity index (χ3v) is 5.69. The molecule has 2 aliphatic rings. The van der Waals surface area contributed by atoms with Gasteiger partial charge in [-0.1, -0.05) is 49.6 Å². The lowest BCUT2D eigenvalue weighted by atomic mass is 9.81. The van der Waals surface area contributed by atoms with Crippen LogP contribution in [0.4, 0.5) is 0 Å². The van der Waals surface area contributed by atoms with Crippen molar-refractivity contribution >= 4 is 18.3 Å². The van der Waals surface area contributed by atoms with Gasteiger partial charge in [-0.2, -0.15) is 0 Å². The lowest BCUT2D eigenvalue weighted by Crippen LogP contribution is -2.57. The molecule has 1 aliphatic carbocycles. The third-order valence-electron chi connectivity index (χ3n) is 5.69. The van der Waals surface area contributed by atoms with Crippen molar-refractivity contribution in [3.63, 3.8) is 0 Å². The summed E-state index contributed by atoms with van der Waals surface area (Å²) in [5.41, 5.74) is 7.23. The summed E-state index contributed by atoms with van der Waals surface area (Å²) in [7, 11) is 0. The summed E-state index contributed by atoms with van der Waals surface area (Å²) in [4.78, 5) is 15.0. The first-order valence-electron chi connectivity index (χ1n) is 8.74. The summed E-state index contributed by atoms with van der Waals surface area (Å²) >= 11 is 0. The van der Waals surface area contributed by atoms with Crippen LogP contribution in [0.2, 0.25) is 0 Å². The van der Waals surface area contributed by atoms with Gasteiger partial charge in [-0.05, 0) is 44.1 Å². The molecule has 1 saturated carbocycles. The van der Waals surface area contributed by atoms with Gasteiger partial charge in [-0.25, -0.2) is 0 Å². The number of nitrogens with two attached hydrogens (primary N) is 1. The van der Waals surface area contributed by atoms with E-state index in [9.17, 15) is 4.79 Å². The zero-order valence-corrected chi connectivity index (χ0v) is 14.9. The number of likely N-dealkylation sites (tertiary alicyclic amines) is 1. The fourth-order valence-electron chi connectivity index (χ4n) is 4.16. The maximum Gasteiger partial charge on any atom is 0.242 e. The van der Waals surface area contributed by atoms with E-state index in [0.717, 1.165) is 45.1 Å². The van der Waals surface area contributed by atoms with Crippen LogP contribution in [0.3, 0.4) is 0 Å². The van der Waals surface area contributed by atoms with Gasteiger partial charge >= 0.3 is 0 Å². The highest BCUT2D eigenvalue weighted by Crippen LogP contribution is 2.33. The molecule has 0 bridgehead atoms. The molecule has 1 amide bonds. The molecule has 3 nitrogen and oxygen atoms in total. The van der Waals surface area contributed by atoms with Crippen LogP contribution in [0, 0.1) is 5.92 Å². The fourth-order valence-corrected chi connectivity index (χ4v) is 4.16. The summed E-state index contributed by atoms with van der Waals surface area (Å²) in [6.45, 7) is 3.07. The van der Waals surface area contributed by atoms with Crippen molar-refractivity contribution in [2.75, 3.05) is 6.54 Å². The molecule has 1 saturated heterocycles. The van der Waals surface area contributed by atoms with Crippen LogP contribution in [0.15, 0.2) is 30.3 Å².